The lowest BCUT2D eigenvalue weighted by Crippen LogP contribution is -2.49. The number of hydrogen-bond acceptors (Lipinski definition) is 4. The predicted octanol–water partition coefficient (Wildman–Crippen LogP) is 2.80. The number of aliphatic imine (C=N–C) groups is 1. The van der Waals surface area contributed by atoms with Crippen LogP contribution in [0.4, 0.5) is 0 Å². The highest BCUT2D eigenvalue weighted by Crippen LogP contribution is 2.25. The van der Waals surface area contributed by atoms with E-state index >= 15 is 0 Å². The minimum atomic E-state index is 0. The smallest absolute Gasteiger partial charge is 0.192 e. The molecule has 2 aliphatic carbocycles. The molecule has 3 rings (SSSR count). The van der Waals surface area contributed by atoms with E-state index in [9.17, 15) is 5.26 Å². The molecule has 26 heavy (non-hydrogen) atoms. The van der Waals surface area contributed by atoms with Crippen LogP contribution in [0.5, 0.6) is 0 Å². The molecule has 2 fully saturated rings. The van der Waals surface area contributed by atoms with Gasteiger partial charge in [0.15, 0.2) is 11.8 Å². The van der Waals surface area contributed by atoms with Crippen LogP contribution in [-0.2, 0) is 13.6 Å². The van der Waals surface area contributed by atoms with Crippen LogP contribution in [0.15, 0.2) is 4.99 Å². The quantitative estimate of drug-likeness (QED) is 0.401. The van der Waals surface area contributed by atoms with Gasteiger partial charge in [-0.25, -0.2) is 4.99 Å². The average molecular weight is 471 g/mol. The van der Waals surface area contributed by atoms with Crippen molar-refractivity contribution in [2.24, 2.45) is 18.0 Å². The van der Waals surface area contributed by atoms with Crippen molar-refractivity contribution in [1.29, 1.82) is 5.26 Å². The fraction of sp³-hybridized carbons (Fsp3) is 0.778. The van der Waals surface area contributed by atoms with Crippen molar-refractivity contribution in [3.63, 3.8) is 0 Å². The van der Waals surface area contributed by atoms with E-state index in [1.807, 2.05) is 18.5 Å². The number of rotatable bonds is 4. The maximum absolute atomic E-state index is 9.35. The summed E-state index contributed by atoms with van der Waals surface area (Å²) >= 11 is 0. The maximum Gasteiger partial charge on any atom is 0.192 e. The number of aromatic nitrogens is 3. The Kier molecular flexibility index (Phi) is 8.13. The second-order valence-corrected chi connectivity index (χ2v) is 7.28. The molecule has 1 aromatic heterocycles. The van der Waals surface area contributed by atoms with E-state index in [2.05, 4.69) is 26.9 Å². The van der Waals surface area contributed by atoms with E-state index in [4.69, 9.17) is 4.99 Å². The molecule has 2 unspecified atom stereocenters. The number of hydrogen-bond donors (Lipinski definition) is 2. The first-order chi connectivity index (χ1) is 12.2. The molecule has 7 nitrogen and oxygen atoms in total. The van der Waals surface area contributed by atoms with Crippen LogP contribution in [-0.4, -0.2) is 32.8 Å². The van der Waals surface area contributed by atoms with E-state index in [1.54, 1.807) is 0 Å². The van der Waals surface area contributed by atoms with Gasteiger partial charge >= 0.3 is 0 Å². The fourth-order valence-corrected chi connectivity index (χ4v) is 3.77. The van der Waals surface area contributed by atoms with Gasteiger partial charge in [-0.1, -0.05) is 19.3 Å². The molecule has 0 bridgehead atoms. The molecular formula is C18H30IN7. The zero-order chi connectivity index (χ0) is 17.6. The number of nitrogens with one attached hydrogen (secondary N) is 2. The molecule has 2 aliphatic rings. The summed E-state index contributed by atoms with van der Waals surface area (Å²) in [6, 6.07) is 3.11. The third-order valence-corrected chi connectivity index (χ3v) is 5.51. The minimum absolute atomic E-state index is 0. The Morgan fingerprint density at radius 2 is 1.92 bits per heavy atom. The lowest BCUT2D eigenvalue weighted by molar-refractivity contribution is 0.405. The summed E-state index contributed by atoms with van der Waals surface area (Å²) in [5.41, 5.74) is 0. The van der Waals surface area contributed by atoms with Crippen molar-refractivity contribution in [3.05, 3.63) is 11.6 Å². The Morgan fingerprint density at radius 3 is 2.58 bits per heavy atom. The van der Waals surface area contributed by atoms with Gasteiger partial charge in [-0.05, 0) is 39.0 Å². The van der Waals surface area contributed by atoms with Crippen LogP contribution in [0.25, 0.3) is 0 Å². The van der Waals surface area contributed by atoms with Gasteiger partial charge in [0.05, 0.1) is 12.0 Å². The molecule has 0 saturated heterocycles. The van der Waals surface area contributed by atoms with Crippen molar-refractivity contribution in [1.82, 2.24) is 25.4 Å². The Hall–Kier alpha value is -1.37. The number of nitriles is 1. The Morgan fingerprint density at radius 1 is 1.15 bits per heavy atom. The van der Waals surface area contributed by atoms with Gasteiger partial charge in [0.1, 0.15) is 12.4 Å². The van der Waals surface area contributed by atoms with Gasteiger partial charge < -0.3 is 15.2 Å². The van der Waals surface area contributed by atoms with Crippen molar-refractivity contribution < 1.29 is 0 Å². The number of aryl methyl sites for hydroxylation is 1. The monoisotopic (exact) mass is 471 g/mol. The molecule has 2 N–H and O–H groups in total. The van der Waals surface area contributed by atoms with Crippen LogP contribution in [0.1, 0.15) is 63.0 Å². The fourth-order valence-electron chi connectivity index (χ4n) is 3.77. The molecule has 2 saturated carbocycles. The zero-order valence-corrected chi connectivity index (χ0v) is 18.1. The lowest BCUT2D eigenvalue weighted by Gasteiger charge is -2.27. The van der Waals surface area contributed by atoms with E-state index in [0.29, 0.717) is 12.6 Å². The van der Waals surface area contributed by atoms with E-state index in [0.717, 1.165) is 36.9 Å². The van der Waals surface area contributed by atoms with Gasteiger partial charge in [0.25, 0.3) is 0 Å². The highest BCUT2D eigenvalue weighted by atomic mass is 127. The lowest BCUT2D eigenvalue weighted by atomic mass is 9.96. The molecule has 8 heteroatoms. The summed E-state index contributed by atoms with van der Waals surface area (Å²) in [7, 11) is 1.96. The number of halogens is 1. The van der Waals surface area contributed by atoms with E-state index in [-0.39, 0.29) is 35.9 Å². The predicted molar refractivity (Wildman–Crippen MR) is 112 cm³/mol. The van der Waals surface area contributed by atoms with Crippen molar-refractivity contribution in [2.75, 3.05) is 0 Å². The van der Waals surface area contributed by atoms with Crippen LogP contribution < -0.4 is 10.6 Å². The second-order valence-electron chi connectivity index (χ2n) is 7.28. The third kappa shape index (κ3) is 5.32. The van der Waals surface area contributed by atoms with Crippen LogP contribution >= 0.6 is 24.0 Å². The molecule has 0 amide bonds. The standard InChI is InChI=1S/C18H29N7.HI/c1-13-23-24-17(25(13)2)12-20-18(21-15-8-4-3-5-9-15)22-16-10-6-7-14(16)11-19;/h14-16H,3-10,12H2,1-2H3,(H2,20,21,22);1H. The highest BCUT2D eigenvalue weighted by molar-refractivity contribution is 14.0. The van der Waals surface area contributed by atoms with E-state index < -0.39 is 0 Å². The second kappa shape index (κ2) is 10.1. The van der Waals surface area contributed by atoms with Gasteiger partial charge in [-0.2, -0.15) is 5.26 Å². The molecule has 1 heterocycles. The first-order valence-corrected chi connectivity index (χ1v) is 9.49. The normalized spacial score (nSPS) is 24.0. The van der Waals surface area contributed by atoms with Crippen molar-refractivity contribution >= 4 is 29.9 Å². The van der Waals surface area contributed by atoms with Gasteiger partial charge in [0.2, 0.25) is 0 Å². The van der Waals surface area contributed by atoms with Gasteiger partial charge in [-0.15, -0.1) is 34.2 Å². The Labute approximate surface area is 173 Å². The number of nitrogens with zero attached hydrogens (tertiary/aromatic N) is 5. The molecular weight excluding hydrogens is 441 g/mol. The van der Waals surface area contributed by atoms with Crippen LogP contribution in [0.2, 0.25) is 0 Å². The third-order valence-electron chi connectivity index (χ3n) is 5.51. The maximum atomic E-state index is 9.35. The van der Waals surface area contributed by atoms with Gasteiger partial charge in [0, 0.05) is 19.1 Å². The molecule has 144 valence electrons. The van der Waals surface area contributed by atoms with Crippen LogP contribution in [0, 0.1) is 24.2 Å². The molecule has 0 aromatic carbocycles. The summed E-state index contributed by atoms with van der Waals surface area (Å²) in [4.78, 5) is 4.76. The molecule has 0 radical (unpaired) electrons. The molecule has 1 aromatic rings. The summed E-state index contributed by atoms with van der Waals surface area (Å²) < 4.78 is 1.97. The number of guanidine groups is 1. The van der Waals surface area contributed by atoms with Gasteiger partial charge in [-0.3, -0.25) is 0 Å². The Bertz CT molecular complexity index is 642. The topological polar surface area (TPSA) is 90.9 Å². The van der Waals surface area contributed by atoms with E-state index in [1.165, 1.54) is 32.1 Å². The first kappa shape index (κ1) is 20.9. The summed E-state index contributed by atoms with van der Waals surface area (Å²) in [6.07, 6.45) is 9.38. The van der Waals surface area contributed by atoms with Crippen molar-refractivity contribution in [3.8, 4) is 6.07 Å². The first-order valence-electron chi connectivity index (χ1n) is 9.49. The summed E-state index contributed by atoms with van der Waals surface area (Å²) in [5, 5.41) is 24.8. The van der Waals surface area contributed by atoms with Crippen molar-refractivity contribution in [2.45, 2.75) is 76.9 Å². The summed E-state index contributed by atoms with van der Waals surface area (Å²) in [5.74, 6) is 2.64. The molecule has 0 spiro atoms. The molecule has 0 aliphatic heterocycles. The zero-order valence-electron chi connectivity index (χ0n) is 15.7. The Balaban J connectivity index is 0.00000243. The highest BCUT2D eigenvalue weighted by Gasteiger charge is 2.28. The largest absolute Gasteiger partial charge is 0.354 e. The average Bonchev–Trinajstić information content (AvgIpc) is 3.21. The van der Waals surface area contributed by atoms with Crippen LogP contribution in [0.3, 0.4) is 0 Å². The summed E-state index contributed by atoms with van der Waals surface area (Å²) in [6.45, 7) is 2.43. The molecule has 2 atom stereocenters. The SMILES string of the molecule is Cc1nnc(CN=C(NC2CCCCC2)NC2CCCC2C#N)n1C.I. The minimum Gasteiger partial charge on any atom is -0.354 e.